The Morgan fingerprint density at radius 2 is 2.08 bits per heavy atom. The van der Waals surface area contributed by atoms with Crippen LogP contribution in [0.2, 0.25) is 10.4 Å². The highest BCUT2D eigenvalue weighted by Gasteiger charge is 2.15. The number of halogens is 2. The van der Waals surface area contributed by atoms with Crippen LogP contribution in [-0.4, -0.2) is 16.6 Å². The van der Waals surface area contributed by atoms with Gasteiger partial charge in [-0.2, -0.15) is 0 Å². The first-order chi connectivity index (χ1) is 5.77. The Morgan fingerprint density at radius 1 is 1.25 bits per heavy atom. The molecule has 2 heterocycles. The molecule has 0 saturated heterocycles. The third kappa shape index (κ3) is 1.40. The lowest BCUT2D eigenvalue weighted by Gasteiger charge is -2.15. The Morgan fingerprint density at radius 3 is 2.92 bits per heavy atom. The first-order valence-electron chi connectivity index (χ1n) is 3.56. The number of hydrogen-bond acceptors (Lipinski definition) is 3. The summed E-state index contributed by atoms with van der Waals surface area (Å²) in [6.07, 6.45) is 0.769. The summed E-state index contributed by atoms with van der Waals surface area (Å²) in [7, 11) is 0. The molecule has 1 aliphatic rings. The Kier molecular flexibility index (Phi) is 2.17. The molecule has 0 aliphatic carbocycles. The van der Waals surface area contributed by atoms with E-state index in [4.69, 9.17) is 27.9 Å². The predicted octanol–water partition coefficient (Wildman–Crippen LogP) is 1.86. The molecule has 1 aliphatic heterocycles. The van der Waals surface area contributed by atoms with E-state index in [-0.39, 0.29) is 5.28 Å². The minimum atomic E-state index is 0.184. The van der Waals surface area contributed by atoms with Gasteiger partial charge in [0, 0.05) is 12.0 Å². The summed E-state index contributed by atoms with van der Waals surface area (Å²) >= 11 is 11.5. The zero-order valence-corrected chi connectivity index (χ0v) is 7.69. The summed E-state index contributed by atoms with van der Waals surface area (Å²) < 4.78 is 5.20. The van der Waals surface area contributed by atoms with E-state index in [9.17, 15) is 0 Å². The van der Waals surface area contributed by atoms with Gasteiger partial charge >= 0.3 is 0 Å². The fourth-order valence-corrected chi connectivity index (χ4v) is 1.69. The molecule has 64 valence electrons. The van der Waals surface area contributed by atoms with Gasteiger partial charge in [0.1, 0.15) is 5.15 Å². The van der Waals surface area contributed by atoms with Crippen molar-refractivity contribution in [1.29, 1.82) is 0 Å². The molecule has 3 nitrogen and oxygen atoms in total. The fourth-order valence-electron chi connectivity index (χ4n) is 1.18. The third-order valence-electron chi connectivity index (χ3n) is 1.75. The van der Waals surface area contributed by atoms with Crippen molar-refractivity contribution in [2.24, 2.45) is 0 Å². The average Bonchev–Trinajstić information content (AvgIpc) is 2.04. The molecule has 1 aromatic heterocycles. The number of nitrogens with zero attached hydrogens (tertiary/aromatic N) is 2. The predicted molar refractivity (Wildman–Crippen MR) is 45.4 cm³/mol. The molecule has 2 rings (SSSR count). The van der Waals surface area contributed by atoms with E-state index in [2.05, 4.69) is 9.97 Å². The van der Waals surface area contributed by atoms with Crippen molar-refractivity contribution in [2.45, 2.75) is 13.0 Å². The summed E-state index contributed by atoms with van der Waals surface area (Å²) in [6.45, 7) is 1.16. The highest BCUT2D eigenvalue weighted by atomic mass is 35.5. The van der Waals surface area contributed by atoms with Crippen LogP contribution in [0.4, 0.5) is 0 Å². The monoisotopic (exact) mass is 204 g/mol. The molecule has 0 unspecified atom stereocenters. The zero-order valence-electron chi connectivity index (χ0n) is 6.18. The Labute approximate surface area is 79.7 Å². The number of aromatic nitrogens is 2. The number of fused-ring (bicyclic) bond motifs is 1. The van der Waals surface area contributed by atoms with Crippen molar-refractivity contribution in [3.05, 3.63) is 21.7 Å². The van der Waals surface area contributed by atoms with Crippen molar-refractivity contribution in [1.82, 2.24) is 9.97 Å². The normalized spacial score (nSPS) is 15.8. The smallest absolute Gasteiger partial charge is 0.224 e. The summed E-state index contributed by atoms with van der Waals surface area (Å²) in [6, 6.07) is 0. The topological polar surface area (TPSA) is 35.0 Å². The lowest BCUT2D eigenvalue weighted by atomic mass is 10.1. The minimum Gasteiger partial charge on any atom is -0.375 e. The molecular formula is C7H6Cl2N2O. The van der Waals surface area contributed by atoms with Crippen LogP contribution in [-0.2, 0) is 17.8 Å². The first kappa shape index (κ1) is 8.23. The molecule has 1 aromatic rings. The van der Waals surface area contributed by atoms with Crippen molar-refractivity contribution in [3.63, 3.8) is 0 Å². The highest BCUT2D eigenvalue weighted by molar-refractivity contribution is 6.32. The van der Waals surface area contributed by atoms with E-state index in [0.717, 1.165) is 17.7 Å². The van der Waals surface area contributed by atoms with E-state index in [1.165, 1.54) is 0 Å². The van der Waals surface area contributed by atoms with Gasteiger partial charge in [0.25, 0.3) is 0 Å². The molecule has 0 amide bonds. The molecule has 0 aromatic carbocycles. The Hall–Kier alpha value is -0.380. The maximum atomic E-state index is 5.86. The van der Waals surface area contributed by atoms with E-state index < -0.39 is 0 Å². The lowest BCUT2D eigenvalue weighted by molar-refractivity contribution is 0.107. The molecule has 0 saturated carbocycles. The molecule has 0 spiro atoms. The van der Waals surface area contributed by atoms with Gasteiger partial charge in [-0.1, -0.05) is 11.6 Å². The first-order valence-corrected chi connectivity index (χ1v) is 4.31. The SMILES string of the molecule is Clc1nc(Cl)c2c(n1)COCC2. The van der Waals surface area contributed by atoms with Crippen LogP contribution in [0.25, 0.3) is 0 Å². The van der Waals surface area contributed by atoms with Gasteiger partial charge in [-0.3, -0.25) is 0 Å². The van der Waals surface area contributed by atoms with Crippen LogP contribution in [0.5, 0.6) is 0 Å². The summed E-state index contributed by atoms with van der Waals surface area (Å²) in [4.78, 5) is 7.87. The average molecular weight is 205 g/mol. The van der Waals surface area contributed by atoms with Crippen molar-refractivity contribution >= 4 is 23.2 Å². The van der Waals surface area contributed by atoms with Crippen LogP contribution < -0.4 is 0 Å². The second kappa shape index (κ2) is 3.17. The van der Waals surface area contributed by atoms with Gasteiger partial charge in [0.15, 0.2) is 0 Å². The van der Waals surface area contributed by atoms with Gasteiger partial charge in [-0.25, -0.2) is 9.97 Å². The molecular weight excluding hydrogens is 199 g/mol. The Bertz CT molecular complexity index is 317. The molecule has 0 atom stereocenters. The molecule has 0 radical (unpaired) electrons. The fraction of sp³-hybridized carbons (Fsp3) is 0.429. The van der Waals surface area contributed by atoms with Gasteiger partial charge in [-0.05, 0) is 11.6 Å². The van der Waals surface area contributed by atoms with Gasteiger partial charge in [0.05, 0.1) is 18.9 Å². The van der Waals surface area contributed by atoms with Gasteiger partial charge in [-0.15, -0.1) is 0 Å². The van der Waals surface area contributed by atoms with Crippen molar-refractivity contribution in [3.8, 4) is 0 Å². The molecule has 0 bridgehead atoms. The second-order valence-electron chi connectivity index (χ2n) is 2.51. The number of ether oxygens (including phenoxy) is 1. The van der Waals surface area contributed by atoms with Gasteiger partial charge < -0.3 is 4.74 Å². The molecule has 0 fully saturated rings. The number of rotatable bonds is 0. The zero-order chi connectivity index (χ0) is 8.55. The highest BCUT2D eigenvalue weighted by Crippen LogP contribution is 2.22. The van der Waals surface area contributed by atoms with Crippen LogP contribution in [0.3, 0.4) is 0 Å². The van der Waals surface area contributed by atoms with Gasteiger partial charge in [0.2, 0.25) is 5.28 Å². The number of hydrogen-bond donors (Lipinski definition) is 0. The van der Waals surface area contributed by atoms with Crippen LogP contribution in [0, 0.1) is 0 Å². The van der Waals surface area contributed by atoms with E-state index in [1.54, 1.807) is 0 Å². The standard InChI is InChI=1S/C7H6Cl2N2O/c8-6-4-1-2-12-3-5(4)10-7(9)11-6/h1-3H2. The van der Waals surface area contributed by atoms with Crippen molar-refractivity contribution in [2.75, 3.05) is 6.61 Å². The van der Waals surface area contributed by atoms with E-state index in [0.29, 0.717) is 18.4 Å². The second-order valence-corrected chi connectivity index (χ2v) is 3.21. The maximum Gasteiger partial charge on any atom is 0.224 e. The Balaban J connectivity index is 2.53. The lowest BCUT2D eigenvalue weighted by Crippen LogP contribution is -2.13. The van der Waals surface area contributed by atoms with E-state index in [1.807, 2.05) is 0 Å². The van der Waals surface area contributed by atoms with Crippen LogP contribution in [0.1, 0.15) is 11.3 Å². The molecule has 0 N–H and O–H groups in total. The van der Waals surface area contributed by atoms with Crippen molar-refractivity contribution < 1.29 is 4.74 Å². The van der Waals surface area contributed by atoms with Crippen LogP contribution in [0.15, 0.2) is 0 Å². The largest absolute Gasteiger partial charge is 0.375 e. The molecule has 12 heavy (non-hydrogen) atoms. The summed E-state index contributed by atoms with van der Waals surface area (Å²) in [5, 5.41) is 0.637. The quantitative estimate of drug-likeness (QED) is 0.478. The minimum absolute atomic E-state index is 0.184. The summed E-state index contributed by atoms with van der Waals surface area (Å²) in [5.74, 6) is 0. The van der Waals surface area contributed by atoms with E-state index >= 15 is 0 Å². The van der Waals surface area contributed by atoms with Crippen LogP contribution >= 0.6 is 23.2 Å². The molecule has 5 heteroatoms. The maximum absolute atomic E-state index is 5.86. The summed E-state index contributed by atoms with van der Waals surface area (Å²) in [5.41, 5.74) is 1.78. The third-order valence-corrected chi connectivity index (χ3v) is 2.23.